The molecule has 0 aliphatic heterocycles. The standard InChI is InChI=1S/C4H4F2N2O2/c5-1(3(7)9)2(6)4(8)10/h(H2,7,9)(H2,8,10)/b2-1-. The second-order valence-electron chi connectivity index (χ2n) is 1.36. The molecular formula is C4H4F2N2O2. The van der Waals surface area contributed by atoms with Gasteiger partial charge in [0, 0.05) is 0 Å². The van der Waals surface area contributed by atoms with Crippen molar-refractivity contribution in [2.24, 2.45) is 11.5 Å². The highest BCUT2D eigenvalue weighted by molar-refractivity contribution is 6.00. The lowest BCUT2D eigenvalue weighted by molar-refractivity contribution is -0.119. The van der Waals surface area contributed by atoms with Gasteiger partial charge in [0.05, 0.1) is 0 Å². The van der Waals surface area contributed by atoms with E-state index in [4.69, 9.17) is 0 Å². The Balaban J connectivity index is 4.67. The Kier molecular flexibility index (Phi) is 2.48. The molecule has 0 saturated carbocycles. The van der Waals surface area contributed by atoms with Gasteiger partial charge in [0.1, 0.15) is 0 Å². The van der Waals surface area contributed by atoms with E-state index in [0.717, 1.165) is 0 Å². The van der Waals surface area contributed by atoms with Crippen molar-refractivity contribution in [1.82, 2.24) is 0 Å². The highest BCUT2D eigenvalue weighted by Crippen LogP contribution is 2.05. The van der Waals surface area contributed by atoms with E-state index in [-0.39, 0.29) is 0 Å². The van der Waals surface area contributed by atoms with Gasteiger partial charge in [-0.15, -0.1) is 0 Å². The van der Waals surface area contributed by atoms with Gasteiger partial charge < -0.3 is 11.5 Å². The van der Waals surface area contributed by atoms with Crippen LogP contribution in [0.3, 0.4) is 0 Å². The minimum Gasteiger partial charge on any atom is -0.364 e. The molecule has 0 saturated heterocycles. The Morgan fingerprint density at radius 1 is 0.900 bits per heavy atom. The minimum absolute atomic E-state index is 1.66. The average Bonchev–Trinajstić information content (AvgIpc) is 1.84. The van der Waals surface area contributed by atoms with Crippen molar-refractivity contribution in [2.45, 2.75) is 0 Å². The Bertz CT molecular complexity index is 189. The lowest BCUT2D eigenvalue weighted by Gasteiger charge is -1.89. The fourth-order valence-corrected chi connectivity index (χ4v) is 0.216. The Labute approximate surface area is 54.5 Å². The van der Waals surface area contributed by atoms with E-state index in [9.17, 15) is 18.4 Å². The molecule has 0 bridgehead atoms. The van der Waals surface area contributed by atoms with Crippen LogP contribution in [0.4, 0.5) is 8.78 Å². The third-order valence-electron chi connectivity index (χ3n) is 0.625. The third-order valence-corrected chi connectivity index (χ3v) is 0.625. The molecule has 0 radical (unpaired) electrons. The van der Waals surface area contributed by atoms with E-state index in [1.165, 1.54) is 0 Å². The van der Waals surface area contributed by atoms with Crippen LogP contribution in [0.15, 0.2) is 11.7 Å². The second-order valence-corrected chi connectivity index (χ2v) is 1.36. The van der Waals surface area contributed by atoms with Crippen LogP contribution in [0.25, 0.3) is 0 Å². The molecule has 10 heavy (non-hydrogen) atoms. The van der Waals surface area contributed by atoms with Gasteiger partial charge in [-0.2, -0.15) is 8.78 Å². The Morgan fingerprint density at radius 2 is 1.10 bits per heavy atom. The lowest BCUT2D eigenvalue weighted by Crippen LogP contribution is -2.18. The van der Waals surface area contributed by atoms with Crippen LogP contribution in [0.5, 0.6) is 0 Å². The van der Waals surface area contributed by atoms with Crippen LogP contribution < -0.4 is 11.5 Å². The molecule has 56 valence electrons. The van der Waals surface area contributed by atoms with Crippen LogP contribution >= 0.6 is 0 Å². The number of carbonyl (C=O) groups excluding carboxylic acids is 2. The zero-order chi connectivity index (χ0) is 8.31. The molecule has 0 aliphatic carbocycles. The second kappa shape index (κ2) is 2.90. The van der Waals surface area contributed by atoms with Crippen LogP contribution in [-0.2, 0) is 9.59 Å². The number of hydrogen-bond donors (Lipinski definition) is 2. The number of rotatable bonds is 2. The summed E-state index contributed by atoms with van der Waals surface area (Å²) >= 11 is 0. The predicted molar refractivity (Wildman–Crippen MR) is 27.6 cm³/mol. The van der Waals surface area contributed by atoms with Gasteiger partial charge in [-0.05, 0) is 0 Å². The van der Waals surface area contributed by atoms with Crippen LogP contribution in [0.2, 0.25) is 0 Å². The van der Waals surface area contributed by atoms with Gasteiger partial charge in [-0.3, -0.25) is 9.59 Å². The Hall–Kier alpha value is -1.46. The van der Waals surface area contributed by atoms with Gasteiger partial charge in [0.25, 0.3) is 11.8 Å². The van der Waals surface area contributed by atoms with Crippen molar-refractivity contribution < 1.29 is 18.4 Å². The highest BCUT2D eigenvalue weighted by atomic mass is 19.2. The molecule has 0 atom stereocenters. The largest absolute Gasteiger partial charge is 0.364 e. The van der Waals surface area contributed by atoms with Gasteiger partial charge in [-0.25, -0.2) is 0 Å². The summed E-state index contributed by atoms with van der Waals surface area (Å²) in [6.07, 6.45) is 0. The summed E-state index contributed by atoms with van der Waals surface area (Å²) in [4.78, 5) is 19.6. The molecule has 0 unspecified atom stereocenters. The summed E-state index contributed by atoms with van der Waals surface area (Å²) in [5, 5.41) is 0. The molecule has 0 fully saturated rings. The van der Waals surface area contributed by atoms with E-state index in [2.05, 4.69) is 11.5 Å². The molecule has 4 N–H and O–H groups in total. The molecule has 0 aromatic carbocycles. The van der Waals surface area contributed by atoms with Crippen molar-refractivity contribution >= 4 is 11.8 Å². The van der Waals surface area contributed by atoms with Crippen molar-refractivity contribution in [3.8, 4) is 0 Å². The quantitative estimate of drug-likeness (QED) is 0.500. The maximum Gasteiger partial charge on any atom is 0.280 e. The van der Waals surface area contributed by atoms with Crippen molar-refractivity contribution in [3.05, 3.63) is 11.7 Å². The van der Waals surface area contributed by atoms with Gasteiger partial charge in [-0.1, -0.05) is 0 Å². The van der Waals surface area contributed by atoms with Crippen molar-refractivity contribution in [3.63, 3.8) is 0 Å². The van der Waals surface area contributed by atoms with E-state index in [1.807, 2.05) is 0 Å². The molecule has 6 heteroatoms. The van der Waals surface area contributed by atoms with Gasteiger partial charge >= 0.3 is 0 Å². The zero-order valence-electron chi connectivity index (χ0n) is 4.73. The van der Waals surface area contributed by atoms with Crippen LogP contribution in [0, 0.1) is 0 Å². The maximum atomic E-state index is 11.9. The first-order valence-electron chi connectivity index (χ1n) is 2.11. The molecule has 0 rings (SSSR count). The van der Waals surface area contributed by atoms with E-state index >= 15 is 0 Å². The fraction of sp³-hybridized carbons (Fsp3) is 0. The van der Waals surface area contributed by atoms with Crippen molar-refractivity contribution in [1.29, 1.82) is 0 Å². The smallest absolute Gasteiger partial charge is 0.280 e. The topological polar surface area (TPSA) is 86.2 Å². The number of primary amides is 2. The molecule has 0 spiro atoms. The average molecular weight is 150 g/mol. The van der Waals surface area contributed by atoms with Crippen LogP contribution in [-0.4, -0.2) is 11.8 Å². The molecule has 0 heterocycles. The summed E-state index contributed by atoms with van der Waals surface area (Å²) < 4.78 is 23.8. The minimum atomic E-state index is -1.95. The number of carbonyl (C=O) groups is 2. The highest BCUT2D eigenvalue weighted by Gasteiger charge is 2.16. The first-order valence-corrected chi connectivity index (χ1v) is 2.11. The van der Waals surface area contributed by atoms with E-state index in [1.54, 1.807) is 0 Å². The monoisotopic (exact) mass is 150 g/mol. The molecule has 0 aliphatic rings. The molecule has 4 nitrogen and oxygen atoms in total. The van der Waals surface area contributed by atoms with E-state index in [0.29, 0.717) is 0 Å². The first kappa shape index (κ1) is 8.54. The summed E-state index contributed by atoms with van der Waals surface area (Å²) in [6, 6.07) is 0. The fourth-order valence-electron chi connectivity index (χ4n) is 0.216. The number of halogens is 2. The van der Waals surface area contributed by atoms with Gasteiger partial charge in [0.2, 0.25) is 11.7 Å². The first-order chi connectivity index (χ1) is 4.46. The number of amides is 2. The third kappa shape index (κ3) is 1.81. The van der Waals surface area contributed by atoms with Crippen LogP contribution in [0.1, 0.15) is 0 Å². The predicted octanol–water partition coefficient (Wildman–Crippen LogP) is -0.892. The summed E-state index contributed by atoms with van der Waals surface area (Å²) in [6.45, 7) is 0. The number of nitrogens with two attached hydrogens (primary N) is 2. The van der Waals surface area contributed by atoms with Gasteiger partial charge in [0.15, 0.2) is 0 Å². The molecule has 0 aromatic rings. The molecule has 0 aromatic heterocycles. The molecular weight excluding hydrogens is 146 g/mol. The van der Waals surface area contributed by atoms with Crippen molar-refractivity contribution in [2.75, 3.05) is 0 Å². The maximum absolute atomic E-state index is 11.9. The lowest BCUT2D eigenvalue weighted by atomic mass is 10.4. The Morgan fingerprint density at radius 3 is 1.20 bits per heavy atom. The summed E-state index contributed by atoms with van der Waals surface area (Å²) in [7, 11) is 0. The molecule has 2 amide bonds. The number of hydrogen-bond acceptors (Lipinski definition) is 2. The summed E-state index contributed by atoms with van der Waals surface area (Å²) in [5.41, 5.74) is 8.51. The SMILES string of the molecule is NC(=O)/C(F)=C(/F)C(N)=O. The zero-order valence-corrected chi connectivity index (χ0v) is 4.73. The summed E-state index contributed by atoms with van der Waals surface area (Å²) in [5.74, 6) is -7.22. The van der Waals surface area contributed by atoms with E-state index < -0.39 is 23.5 Å². The normalized spacial score (nSPS) is 12.2.